The summed E-state index contributed by atoms with van der Waals surface area (Å²) in [6.07, 6.45) is 2.71. The number of aryl methyl sites for hydroxylation is 2. The van der Waals surface area contributed by atoms with Gasteiger partial charge in [-0.2, -0.15) is 11.8 Å². The summed E-state index contributed by atoms with van der Waals surface area (Å²) < 4.78 is 0. The maximum Gasteiger partial charge on any atom is 0.173 e. The molecule has 0 unspecified atom stereocenters. The minimum absolute atomic E-state index is 0.805. The lowest BCUT2D eigenvalue weighted by atomic mass is 10.1. The van der Waals surface area contributed by atoms with Gasteiger partial charge in [0, 0.05) is 37.9 Å². The fourth-order valence-electron chi connectivity index (χ4n) is 3.59. The fourth-order valence-corrected chi connectivity index (χ4v) is 4.97. The Balaban J connectivity index is 1.51. The van der Waals surface area contributed by atoms with Gasteiger partial charge in [-0.15, -0.1) is 0 Å². The Morgan fingerprint density at radius 2 is 1.65 bits per heavy atom. The van der Waals surface area contributed by atoms with Gasteiger partial charge in [0.2, 0.25) is 0 Å². The highest BCUT2D eigenvalue weighted by atomic mass is 32.2. The summed E-state index contributed by atoms with van der Waals surface area (Å²) in [7, 11) is 0. The van der Waals surface area contributed by atoms with Crippen molar-refractivity contribution >= 4 is 34.8 Å². The monoisotopic (exact) mass is 349 g/mol. The molecule has 1 aromatic carbocycles. The molecule has 1 aromatic rings. The lowest BCUT2D eigenvalue weighted by molar-refractivity contribution is 0.126. The third-order valence-corrected chi connectivity index (χ3v) is 6.19. The third kappa shape index (κ3) is 4.61. The van der Waals surface area contributed by atoms with Crippen molar-refractivity contribution in [2.24, 2.45) is 0 Å². The van der Waals surface area contributed by atoms with Crippen molar-refractivity contribution in [2.75, 3.05) is 43.0 Å². The van der Waals surface area contributed by atoms with Crippen molar-refractivity contribution in [1.29, 1.82) is 0 Å². The Hall–Kier alpha value is -0.780. The van der Waals surface area contributed by atoms with Crippen LogP contribution in [-0.2, 0) is 0 Å². The van der Waals surface area contributed by atoms with Gasteiger partial charge in [0.25, 0.3) is 0 Å². The maximum atomic E-state index is 5.63. The van der Waals surface area contributed by atoms with E-state index >= 15 is 0 Å². The van der Waals surface area contributed by atoms with Crippen LogP contribution in [0.25, 0.3) is 0 Å². The number of rotatable bonds is 2. The van der Waals surface area contributed by atoms with Gasteiger partial charge in [0.1, 0.15) is 0 Å². The highest BCUT2D eigenvalue weighted by Gasteiger charge is 2.26. The van der Waals surface area contributed by atoms with Crippen LogP contribution in [0.1, 0.15) is 24.0 Å². The zero-order valence-corrected chi connectivity index (χ0v) is 15.8. The van der Waals surface area contributed by atoms with E-state index in [1.54, 1.807) is 0 Å². The van der Waals surface area contributed by atoms with Crippen molar-refractivity contribution in [2.45, 2.75) is 32.7 Å². The molecule has 2 aliphatic heterocycles. The van der Waals surface area contributed by atoms with Gasteiger partial charge in [-0.25, -0.2) is 0 Å². The molecule has 3 nitrogen and oxygen atoms in total. The number of nitrogens with zero attached hydrogens (tertiary/aromatic N) is 2. The standard InChI is InChI=1S/C18H27N3S2/c1-14-11-15(2)13-16(12-14)19-18(22)21-7-5-20(6-8-21)17-3-9-23-10-4-17/h11-13,17H,3-10H2,1-2H3,(H,19,22). The molecule has 23 heavy (non-hydrogen) atoms. The second kappa shape index (κ2) is 7.86. The summed E-state index contributed by atoms with van der Waals surface area (Å²) in [5, 5.41) is 4.29. The van der Waals surface area contributed by atoms with Crippen molar-refractivity contribution in [3.63, 3.8) is 0 Å². The fraction of sp³-hybridized carbons (Fsp3) is 0.611. The number of benzene rings is 1. The molecule has 2 aliphatic rings. The van der Waals surface area contributed by atoms with Crippen molar-refractivity contribution < 1.29 is 0 Å². The van der Waals surface area contributed by atoms with E-state index in [9.17, 15) is 0 Å². The zero-order chi connectivity index (χ0) is 16.2. The molecule has 0 radical (unpaired) electrons. The molecular formula is C18H27N3S2. The molecule has 0 bridgehead atoms. The first-order valence-corrected chi connectivity index (χ1v) is 10.1. The molecule has 0 spiro atoms. The SMILES string of the molecule is Cc1cc(C)cc(NC(=S)N2CCN(C3CCSCC3)CC2)c1. The van der Waals surface area contributed by atoms with Gasteiger partial charge in [0.15, 0.2) is 5.11 Å². The van der Waals surface area contributed by atoms with E-state index in [4.69, 9.17) is 12.2 Å². The summed E-state index contributed by atoms with van der Waals surface area (Å²) in [5.74, 6) is 2.66. The van der Waals surface area contributed by atoms with Crippen LogP contribution < -0.4 is 5.32 Å². The van der Waals surface area contributed by atoms with Crippen molar-refractivity contribution in [3.8, 4) is 0 Å². The third-order valence-electron chi connectivity index (χ3n) is 4.78. The van der Waals surface area contributed by atoms with Gasteiger partial charge >= 0.3 is 0 Å². The Kier molecular flexibility index (Phi) is 5.83. The highest BCUT2D eigenvalue weighted by Crippen LogP contribution is 2.23. The largest absolute Gasteiger partial charge is 0.346 e. The van der Waals surface area contributed by atoms with Crippen LogP contribution in [0.5, 0.6) is 0 Å². The van der Waals surface area contributed by atoms with E-state index in [1.165, 1.54) is 35.5 Å². The van der Waals surface area contributed by atoms with Crippen molar-refractivity contribution in [3.05, 3.63) is 29.3 Å². The summed E-state index contributed by atoms with van der Waals surface area (Å²) in [6.45, 7) is 8.62. The predicted octanol–water partition coefficient (Wildman–Crippen LogP) is 3.51. The highest BCUT2D eigenvalue weighted by molar-refractivity contribution is 7.99. The normalized spacial score (nSPS) is 20.5. The molecule has 0 saturated carbocycles. The van der Waals surface area contributed by atoms with E-state index in [0.717, 1.165) is 43.0 Å². The molecular weight excluding hydrogens is 322 g/mol. The molecule has 3 rings (SSSR count). The van der Waals surface area contributed by atoms with Crippen LogP contribution in [0.4, 0.5) is 5.69 Å². The Labute approximate surface area is 149 Å². The minimum atomic E-state index is 0.805. The first-order chi connectivity index (χ1) is 11.1. The van der Waals surface area contributed by atoms with E-state index in [2.05, 4.69) is 58.9 Å². The van der Waals surface area contributed by atoms with Gasteiger partial charge in [0.05, 0.1) is 0 Å². The number of nitrogens with one attached hydrogen (secondary N) is 1. The van der Waals surface area contributed by atoms with Gasteiger partial charge < -0.3 is 10.2 Å². The van der Waals surface area contributed by atoms with Gasteiger partial charge in [-0.3, -0.25) is 4.90 Å². The lowest BCUT2D eigenvalue weighted by Gasteiger charge is -2.41. The molecule has 0 aromatic heterocycles. The van der Waals surface area contributed by atoms with Crippen LogP contribution >= 0.6 is 24.0 Å². The summed E-state index contributed by atoms with van der Waals surface area (Å²) >= 11 is 7.73. The molecule has 126 valence electrons. The van der Waals surface area contributed by atoms with Crippen molar-refractivity contribution in [1.82, 2.24) is 9.80 Å². The zero-order valence-electron chi connectivity index (χ0n) is 14.2. The molecule has 5 heteroatoms. The van der Waals surface area contributed by atoms with Gasteiger partial charge in [-0.1, -0.05) is 6.07 Å². The number of thioether (sulfide) groups is 1. The average Bonchev–Trinajstić information content (AvgIpc) is 2.55. The van der Waals surface area contributed by atoms with E-state index in [-0.39, 0.29) is 0 Å². The quantitative estimate of drug-likeness (QED) is 0.821. The second-order valence-electron chi connectivity index (χ2n) is 6.67. The summed E-state index contributed by atoms with van der Waals surface area (Å²) in [6, 6.07) is 7.32. The second-order valence-corrected chi connectivity index (χ2v) is 8.28. The number of thiocarbonyl (C=S) groups is 1. The molecule has 2 saturated heterocycles. The molecule has 0 atom stereocenters. The first-order valence-electron chi connectivity index (χ1n) is 8.58. The maximum absolute atomic E-state index is 5.63. The lowest BCUT2D eigenvalue weighted by Crippen LogP contribution is -2.53. The number of anilines is 1. The summed E-state index contributed by atoms with van der Waals surface area (Å²) in [4.78, 5) is 5.00. The molecule has 0 amide bonds. The van der Waals surface area contributed by atoms with E-state index in [1.807, 2.05) is 0 Å². The molecule has 2 fully saturated rings. The minimum Gasteiger partial charge on any atom is -0.346 e. The van der Waals surface area contributed by atoms with E-state index < -0.39 is 0 Å². The number of hydrogen-bond acceptors (Lipinski definition) is 3. The molecule has 1 N–H and O–H groups in total. The Morgan fingerprint density at radius 3 is 2.26 bits per heavy atom. The Bertz CT molecular complexity index is 527. The molecule has 2 heterocycles. The number of hydrogen-bond donors (Lipinski definition) is 1. The van der Waals surface area contributed by atoms with Crippen LogP contribution in [-0.4, -0.2) is 58.6 Å². The average molecular weight is 350 g/mol. The summed E-state index contributed by atoms with van der Waals surface area (Å²) in [5.41, 5.74) is 3.66. The van der Waals surface area contributed by atoms with Crippen LogP contribution in [0, 0.1) is 13.8 Å². The van der Waals surface area contributed by atoms with Crippen LogP contribution in [0.2, 0.25) is 0 Å². The molecule has 0 aliphatic carbocycles. The van der Waals surface area contributed by atoms with Crippen LogP contribution in [0.15, 0.2) is 18.2 Å². The number of piperazine rings is 1. The van der Waals surface area contributed by atoms with E-state index in [0.29, 0.717) is 0 Å². The van der Waals surface area contributed by atoms with Crippen LogP contribution in [0.3, 0.4) is 0 Å². The smallest absolute Gasteiger partial charge is 0.173 e. The predicted molar refractivity (Wildman–Crippen MR) is 106 cm³/mol. The first kappa shape index (κ1) is 17.1. The topological polar surface area (TPSA) is 18.5 Å². The Morgan fingerprint density at radius 1 is 1.04 bits per heavy atom. The van der Waals surface area contributed by atoms with Gasteiger partial charge in [-0.05, 0) is 73.7 Å².